The van der Waals surface area contributed by atoms with Gasteiger partial charge in [-0.15, -0.1) is 0 Å². The average Bonchev–Trinajstić information content (AvgIpc) is 2.97. The Hall–Kier alpha value is -3.00. The Morgan fingerprint density at radius 1 is 0.828 bits per heavy atom. The Morgan fingerprint density at radius 3 is 2.10 bits per heavy atom. The number of imide groups is 1. The highest BCUT2D eigenvalue weighted by Gasteiger charge is 2.34. The third kappa shape index (κ3) is 4.89. The van der Waals surface area contributed by atoms with Crippen molar-refractivity contribution in [1.29, 1.82) is 0 Å². The fourth-order valence-electron chi connectivity index (χ4n) is 3.08. The van der Waals surface area contributed by atoms with E-state index < -0.39 is 5.91 Å². The summed E-state index contributed by atoms with van der Waals surface area (Å²) in [6, 6.07) is 13.7. The highest BCUT2D eigenvalue weighted by atomic mass is 79.9. The van der Waals surface area contributed by atoms with E-state index in [-0.39, 0.29) is 24.1 Å². The van der Waals surface area contributed by atoms with Gasteiger partial charge in [0, 0.05) is 17.4 Å². The first kappa shape index (κ1) is 20.7. The van der Waals surface area contributed by atoms with Gasteiger partial charge in [0.05, 0.1) is 16.7 Å². The van der Waals surface area contributed by atoms with E-state index in [0.29, 0.717) is 47.0 Å². The monoisotopic (exact) mass is 457 g/mol. The minimum Gasteiger partial charge on any atom is -0.274 e. The molecule has 0 atom stereocenters. The average molecular weight is 458 g/mol. The molecule has 2 N–H and O–H groups in total. The number of hydrogen-bond donors (Lipinski definition) is 2. The van der Waals surface area contributed by atoms with E-state index in [0.717, 1.165) is 0 Å². The molecule has 29 heavy (non-hydrogen) atoms. The summed E-state index contributed by atoms with van der Waals surface area (Å²) in [7, 11) is 0. The number of benzene rings is 2. The zero-order valence-corrected chi connectivity index (χ0v) is 17.2. The summed E-state index contributed by atoms with van der Waals surface area (Å²) in [5, 5.41) is 0. The molecule has 1 aliphatic rings. The lowest BCUT2D eigenvalue weighted by molar-refractivity contribution is -0.122. The Kier molecular flexibility index (Phi) is 6.77. The number of rotatable bonds is 7. The lowest BCUT2D eigenvalue weighted by Gasteiger charge is -2.13. The summed E-state index contributed by atoms with van der Waals surface area (Å²) >= 11 is 3.28. The zero-order chi connectivity index (χ0) is 20.8. The van der Waals surface area contributed by atoms with Crippen molar-refractivity contribution in [3.8, 4) is 0 Å². The Balaban J connectivity index is 1.34. The fourth-order valence-corrected chi connectivity index (χ4v) is 3.54. The topological polar surface area (TPSA) is 95.6 Å². The first-order chi connectivity index (χ1) is 14.0. The molecule has 4 amide bonds. The van der Waals surface area contributed by atoms with Gasteiger partial charge in [-0.3, -0.25) is 34.9 Å². The number of amides is 4. The Morgan fingerprint density at radius 2 is 1.45 bits per heavy atom. The molecule has 150 valence electrons. The third-order valence-corrected chi connectivity index (χ3v) is 5.29. The minimum atomic E-state index is -0.406. The van der Waals surface area contributed by atoms with Gasteiger partial charge in [0.1, 0.15) is 0 Å². The number of carbonyl (C=O) groups is 4. The van der Waals surface area contributed by atoms with Crippen LogP contribution in [0.1, 0.15) is 56.8 Å². The van der Waals surface area contributed by atoms with Crippen LogP contribution in [0.2, 0.25) is 0 Å². The second kappa shape index (κ2) is 9.47. The molecular weight excluding hydrogens is 438 g/mol. The van der Waals surface area contributed by atoms with Gasteiger partial charge in [-0.1, -0.05) is 30.7 Å². The standard InChI is InChI=1S/C21H20BrN3O4/c22-17-11-6-5-10-16(17)19(27)24-23-18(26)12-2-1-7-13-25-20(28)14-8-3-4-9-15(14)21(25)29/h3-6,8-11H,1-2,7,12-13H2,(H,23,26)(H,24,27). The van der Waals surface area contributed by atoms with Crippen molar-refractivity contribution in [1.82, 2.24) is 15.8 Å². The van der Waals surface area contributed by atoms with Gasteiger partial charge >= 0.3 is 0 Å². The summed E-state index contributed by atoms with van der Waals surface area (Å²) in [5.74, 6) is -1.24. The normalized spacial score (nSPS) is 12.7. The molecule has 0 spiro atoms. The van der Waals surface area contributed by atoms with E-state index in [1.807, 2.05) is 0 Å². The molecule has 1 heterocycles. The molecule has 0 fully saturated rings. The smallest absolute Gasteiger partial charge is 0.270 e. The molecule has 0 aromatic heterocycles. The van der Waals surface area contributed by atoms with Crippen molar-refractivity contribution in [3.05, 3.63) is 69.7 Å². The van der Waals surface area contributed by atoms with Crippen molar-refractivity contribution in [2.75, 3.05) is 6.54 Å². The first-order valence-corrected chi connectivity index (χ1v) is 10.1. The zero-order valence-electron chi connectivity index (χ0n) is 15.6. The Labute approximate surface area is 176 Å². The van der Waals surface area contributed by atoms with Crippen LogP contribution >= 0.6 is 15.9 Å². The largest absolute Gasteiger partial charge is 0.274 e. The summed E-state index contributed by atoms with van der Waals surface area (Å²) in [6.45, 7) is 0.326. The third-order valence-electron chi connectivity index (χ3n) is 4.60. The second-order valence-electron chi connectivity index (χ2n) is 6.60. The molecular formula is C21H20BrN3O4. The second-order valence-corrected chi connectivity index (χ2v) is 7.45. The molecule has 0 aliphatic carbocycles. The molecule has 0 saturated heterocycles. The van der Waals surface area contributed by atoms with E-state index in [1.54, 1.807) is 48.5 Å². The molecule has 2 aromatic rings. The highest BCUT2D eigenvalue weighted by molar-refractivity contribution is 9.10. The predicted octanol–water partition coefficient (Wildman–Crippen LogP) is 3.07. The molecule has 3 rings (SSSR count). The molecule has 0 saturated carbocycles. The SMILES string of the molecule is O=C(CCCCCN1C(=O)c2ccccc2C1=O)NNC(=O)c1ccccc1Br. The molecule has 0 radical (unpaired) electrons. The predicted molar refractivity (Wildman–Crippen MR) is 110 cm³/mol. The maximum absolute atomic E-state index is 12.3. The maximum Gasteiger partial charge on any atom is 0.270 e. The van der Waals surface area contributed by atoms with Gasteiger partial charge in [-0.2, -0.15) is 0 Å². The number of nitrogens with one attached hydrogen (secondary N) is 2. The lowest BCUT2D eigenvalue weighted by atomic mass is 10.1. The molecule has 2 aromatic carbocycles. The summed E-state index contributed by atoms with van der Waals surface area (Å²) in [4.78, 5) is 49.7. The molecule has 7 nitrogen and oxygen atoms in total. The minimum absolute atomic E-state index is 0.234. The van der Waals surface area contributed by atoms with Gasteiger partial charge in [0.2, 0.25) is 5.91 Å². The van der Waals surface area contributed by atoms with E-state index in [4.69, 9.17) is 0 Å². The van der Waals surface area contributed by atoms with Gasteiger partial charge in [0.25, 0.3) is 17.7 Å². The summed E-state index contributed by atoms with van der Waals surface area (Å²) < 4.78 is 0.639. The fraction of sp³-hybridized carbons (Fsp3) is 0.238. The Bertz CT molecular complexity index is 925. The van der Waals surface area contributed by atoms with Crippen molar-refractivity contribution in [2.45, 2.75) is 25.7 Å². The molecule has 1 aliphatic heterocycles. The number of fused-ring (bicyclic) bond motifs is 1. The highest BCUT2D eigenvalue weighted by Crippen LogP contribution is 2.22. The van der Waals surface area contributed by atoms with Crippen molar-refractivity contribution < 1.29 is 19.2 Å². The number of unbranched alkanes of at least 4 members (excludes halogenated alkanes) is 2. The van der Waals surface area contributed by atoms with E-state index >= 15 is 0 Å². The van der Waals surface area contributed by atoms with Crippen molar-refractivity contribution >= 4 is 39.6 Å². The van der Waals surface area contributed by atoms with Crippen molar-refractivity contribution in [3.63, 3.8) is 0 Å². The van der Waals surface area contributed by atoms with Crippen LogP contribution in [0.15, 0.2) is 53.0 Å². The van der Waals surface area contributed by atoms with Crippen LogP contribution in [0.4, 0.5) is 0 Å². The van der Waals surface area contributed by atoms with Gasteiger partial charge in [-0.05, 0) is 53.0 Å². The van der Waals surface area contributed by atoms with Crippen LogP contribution in [0.25, 0.3) is 0 Å². The maximum atomic E-state index is 12.3. The van der Waals surface area contributed by atoms with E-state index in [2.05, 4.69) is 26.8 Å². The summed E-state index contributed by atoms with van der Waals surface area (Å²) in [6.07, 6.45) is 2.11. The van der Waals surface area contributed by atoms with Crippen LogP contribution in [0.3, 0.4) is 0 Å². The van der Waals surface area contributed by atoms with Crippen LogP contribution in [0.5, 0.6) is 0 Å². The van der Waals surface area contributed by atoms with E-state index in [1.165, 1.54) is 4.90 Å². The van der Waals surface area contributed by atoms with Crippen LogP contribution in [0, 0.1) is 0 Å². The lowest BCUT2D eigenvalue weighted by Crippen LogP contribution is -2.41. The van der Waals surface area contributed by atoms with E-state index in [9.17, 15) is 19.2 Å². The molecule has 0 unspecified atom stereocenters. The number of nitrogens with zero attached hydrogens (tertiary/aromatic N) is 1. The summed E-state index contributed by atoms with van der Waals surface area (Å²) in [5.41, 5.74) is 6.08. The number of hydrazine groups is 1. The first-order valence-electron chi connectivity index (χ1n) is 9.28. The van der Waals surface area contributed by atoms with Crippen LogP contribution in [-0.4, -0.2) is 35.1 Å². The molecule has 8 heteroatoms. The van der Waals surface area contributed by atoms with Gasteiger partial charge in [0.15, 0.2) is 0 Å². The molecule has 0 bridgehead atoms. The van der Waals surface area contributed by atoms with Crippen LogP contribution < -0.4 is 10.9 Å². The number of carbonyl (C=O) groups excluding carboxylic acids is 4. The quantitative estimate of drug-likeness (QED) is 0.379. The van der Waals surface area contributed by atoms with Gasteiger partial charge in [-0.25, -0.2) is 0 Å². The number of halogens is 1. The van der Waals surface area contributed by atoms with Crippen molar-refractivity contribution in [2.24, 2.45) is 0 Å². The van der Waals surface area contributed by atoms with Gasteiger partial charge < -0.3 is 0 Å². The van der Waals surface area contributed by atoms with Crippen LogP contribution in [-0.2, 0) is 4.79 Å². The number of hydrogen-bond acceptors (Lipinski definition) is 4.